The van der Waals surface area contributed by atoms with E-state index in [4.69, 9.17) is 4.74 Å². The molecule has 4 aromatic carbocycles. The lowest BCUT2D eigenvalue weighted by Crippen LogP contribution is -2.00. The molecule has 0 amide bonds. The summed E-state index contributed by atoms with van der Waals surface area (Å²) in [6, 6.07) is 20.9. The van der Waals surface area contributed by atoms with Crippen LogP contribution in [0.2, 0.25) is 0 Å². The maximum absolute atomic E-state index is 15.1. The van der Waals surface area contributed by atoms with E-state index in [1.807, 2.05) is 36.4 Å². The molecule has 4 aromatic rings. The van der Waals surface area contributed by atoms with Crippen molar-refractivity contribution in [2.24, 2.45) is 0 Å². The molecule has 4 rings (SSSR count). The van der Waals surface area contributed by atoms with E-state index in [0.717, 1.165) is 35.8 Å². The third-order valence-electron chi connectivity index (χ3n) is 6.42. The van der Waals surface area contributed by atoms with Gasteiger partial charge in [-0.3, -0.25) is 0 Å². The number of ether oxygens (including phenoxy) is 1. The van der Waals surface area contributed by atoms with Gasteiger partial charge in [0.1, 0.15) is 23.2 Å². The first kappa shape index (κ1) is 24.8. The summed E-state index contributed by atoms with van der Waals surface area (Å²) in [5.74, 6) is -0.167. The second kappa shape index (κ2) is 11.9. The lowest BCUT2D eigenvalue weighted by Gasteiger charge is -2.10. The number of hydrogen-bond donors (Lipinski definition) is 0. The third kappa shape index (κ3) is 6.66. The average molecular weight is 477 g/mol. The van der Waals surface area contributed by atoms with Crippen molar-refractivity contribution in [1.82, 2.24) is 0 Å². The Kier molecular flexibility index (Phi) is 8.46. The molecule has 0 atom stereocenters. The number of benzene rings is 4. The third-order valence-corrected chi connectivity index (χ3v) is 6.42. The quantitative estimate of drug-likeness (QED) is 0.198. The van der Waals surface area contributed by atoms with Crippen molar-refractivity contribution >= 4 is 10.8 Å². The highest BCUT2D eigenvalue weighted by Gasteiger charge is 2.10. The van der Waals surface area contributed by atoms with E-state index in [-0.39, 0.29) is 17.5 Å². The van der Waals surface area contributed by atoms with Crippen LogP contribution < -0.4 is 4.74 Å². The van der Waals surface area contributed by atoms with Gasteiger partial charge < -0.3 is 4.74 Å². The van der Waals surface area contributed by atoms with Crippen molar-refractivity contribution in [2.45, 2.75) is 51.9 Å². The first-order chi connectivity index (χ1) is 17.0. The minimum Gasteiger partial charge on any atom is -0.493 e. The Labute approximate surface area is 205 Å². The van der Waals surface area contributed by atoms with Crippen molar-refractivity contribution in [1.29, 1.82) is 0 Å². The van der Waals surface area contributed by atoms with Gasteiger partial charge in [0.15, 0.2) is 0 Å². The monoisotopic (exact) mass is 476 g/mol. The van der Waals surface area contributed by atoms with Crippen molar-refractivity contribution in [3.8, 4) is 5.75 Å². The molecule has 182 valence electrons. The molecule has 0 saturated carbocycles. The summed E-state index contributed by atoms with van der Waals surface area (Å²) >= 11 is 0. The number of unbranched alkanes of at least 4 members (excludes halogenated alkanes) is 2. The van der Waals surface area contributed by atoms with E-state index >= 15 is 4.39 Å². The Morgan fingerprint density at radius 1 is 0.657 bits per heavy atom. The zero-order valence-corrected chi connectivity index (χ0v) is 20.1. The van der Waals surface area contributed by atoms with Crippen LogP contribution in [-0.2, 0) is 25.7 Å². The van der Waals surface area contributed by atoms with E-state index < -0.39 is 0 Å². The highest BCUT2D eigenvalue weighted by atomic mass is 19.1. The van der Waals surface area contributed by atoms with Crippen LogP contribution in [0.15, 0.2) is 72.8 Å². The molecule has 0 spiro atoms. The fourth-order valence-corrected chi connectivity index (χ4v) is 4.31. The van der Waals surface area contributed by atoms with Gasteiger partial charge in [0.05, 0.1) is 6.61 Å². The Morgan fingerprint density at radius 2 is 1.37 bits per heavy atom. The zero-order chi connectivity index (χ0) is 24.6. The first-order valence-electron chi connectivity index (χ1n) is 12.4. The van der Waals surface area contributed by atoms with Crippen molar-refractivity contribution < 1.29 is 17.9 Å². The summed E-state index contributed by atoms with van der Waals surface area (Å²) in [6.45, 7) is 2.74. The number of hydrogen-bond acceptors (Lipinski definition) is 1. The lowest BCUT2D eigenvalue weighted by atomic mass is 9.97. The SMILES string of the molecule is CCCCCOc1ccc(CCc2ccc3c(F)c(CCc4ccc(F)cc4)ccc3c2)c(F)c1. The maximum Gasteiger partial charge on any atom is 0.134 e. The number of fused-ring (bicyclic) bond motifs is 1. The summed E-state index contributed by atoms with van der Waals surface area (Å²) in [4.78, 5) is 0. The molecule has 35 heavy (non-hydrogen) atoms. The normalized spacial score (nSPS) is 11.2. The van der Waals surface area contributed by atoms with Gasteiger partial charge >= 0.3 is 0 Å². The van der Waals surface area contributed by atoms with Gasteiger partial charge in [0.2, 0.25) is 0 Å². The van der Waals surface area contributed by atoms with Crippen molar-refractivity contribution in [3.05, 3.63) is 113 Å². The molecule has 0 aromatic heterocycles. The fraction of sp³-hybridized carbons (Fsp3) is 0.290. The molecular formula is C31H31F3O. The molecule has 0 aliphatic heterocycles. The highest BCUT2D eigenvalue weighted by Crippen LogP contribution is 2.25. The average Bonchev–Trinajstić information content (AvgIpc) is 2.87. The molecule has 0 aliphatic rings. The van der Waals surface area contributed by atoms with E-state index in [0.29, 0.717) is 54.6 Å². The second-order valence-corrected chi connectivity index (χ2v) is 9.03. The Bertz CT molecular complexity index is 1260. The Hall–Kier alpha value is -3.27. The van der Waals surface area contributed by atoms with Crippen LogP contribution in [0.25, 0.3) is 10.8 Å². The van der Waals surface area contributed by atoms with Gasteiger partial charge in [0.25, 0.3) is 0 Å². The van der Waals surface area contributed by atoms with Crippen LogP contribution in [-0.4, -0.2) is 6.61 Å². The highest BCUT2D eigenvalue weighted by molar-refractivity contribution is 5.84. The Balaban J connectivity index is 1.38. The molecule has 4 heteroatoms. The summed E-state index contributed by atoms with van der Waals surface area (Å²) < 4.78 is 48.4. The van der Waals surface area contributed by atoms with Crippen molar-refractivity contribution in [3.63, 3.8) is 0 Å². The Morgan fingerprint density at radius 3 is 2.14 bits per heavy atom. The van der Waals surface area contributed by atoms with Crippen LogP contribution in [0.4, 0.5) is 13.2 Å². The predicted molar refractivity (Wildman–Crippen MR) is 137 cm³/mol. The largest absolute Gasteiger partial charge is 0.493 e. The van der Waals surface area contributed by atoms with Gasteiger partial charge in [0, 0.05) is 11.5 Å². The lowest BCUT2D eigenvalue weighted by molar-refractivity contribution is 0.304. The summed E-state index contributed by atoms with van der Waals surface area (Å²) in [6.07, 6.45) is 5.62. The standard InChI is InChI=1S/C31H31F3O/c1-2-3-4-19-35-28-17-14-24(30(33)21-28)10-6-23-9-18-29-26(20-23)13-12-25(31(29)34)11-5-22-7-15-27(32)16-8-22/h7-9,12-18,20-21H,2-6,10-11,19H2,1H3. The minimum atomic E-state index is -0.270. The van der Waals surface area contributed by atoms with Gasteiger partial charge in [-0.15, -0.1) is 0 Å². The van der Waals surface area contributed by atoms with E-state index in [1.165, 1.54) is 18.2 Å². The minimum absolute atomic E-state index is 0.211. The number of aryl methyl sites for hydroxylation is 4. The molecule has 0 N–H and O–H groups in total. The second-order valence-electron chi connectivity index (χ2n) is 9.03. The molecule has 0 bridgehead atoms. The van der Waals surface area contributed by atoms with Crippen LogP contribution in [0.3, 0.4) is 0 Å². The van der Waals surface area contributed by atoms with Crippen LogP contribution in [0.5, 0.6) is 5.75 Å². The van der Waals surface area contributed by atoms with Crippen LogP contribution >= 0.6 is 0 Å². The summed E-state index contributed by atoms with van der Waals surface area (Å²) in [5, 5.41) is 1.42. The molecule has 0 saturated heterocycles. The van der Waals surface area contributed by atoms with Gasteiger partial charge in [-0.2, -0.15) is 0 Å². The van der Waals surface area contributed by atoms with Crippen LogP contribution in [0.1, 0.15) is 48.4 Å². The van der Waals surface area contributed by atoms with E-state index in [1.54, 1.807) is 18.2 Å². The molecule has 1 nitrogen and oxygen atoms in total. The molecule has 0 fully saturated rings. The summed E-state index contributed by atoms with van der Waals surface area (Å²) in [5.41, 5.74) is 3.31. The van der Waals surface area contributed by atoms with Gasteiger partial charge in [-0.25, -0.2) is 13.2 Å². The molecule has 0 aliphatic carbocycles. The van der Waals surface area contributed by atoms with E-state index in [9.17, 15) is 8.78 Å². The van der Waals surface area contributed by atoms with Crippen molar-refractivity contribution in [2.75, 3.05) is 6.61 Å². The maximum atomic E-state index is 15.1. The van der Waals surface area contributed by atoms with E-state index in [2.05, 4.69) is 6.92 Å². The van der Waals surface area contributed by atoms with Gasteiger partial charge in [-0.1, -0.05) is 68.3 Å². The number of rotatable bonds is 11. The van der Waals surface area contributed by atoms with Crippen LogP contribution in [0, 0.1) is 17.5 Å². The first-order valence-corrected chi connectivity index (χ1v) is 12.4. The number of halogens is 3. The topological polar surface area (TPSA) is 9.23 Å². The van der Waals surface area contributed by atoms with Gasteiger partial charge in [-0.05, 0) is 77.9 Å². The molecule has 0 heterocycles. The zero-order valence-electron chi connectivity index (χ0n) is 20.1. The summed E-state index contributed by atoms with van der Waals surface area (Å²) in [7, 11) is 0. The fourth-order valence-electron chi connectivity index (χ4n) is 4.31. The smallest absolute Gasteiger partial charge is 0.134 e. The molecular weight excluding hydrogens is 445 g/mol. The predicted octanol–water partition coefficient (Wildman–Crippen LogP) is 8.40. The molecule has 0 radical (unpaired) electrons. The molecule has 0 unspecified atom stereocenters.